The van der Waals surface area contributed by atoms with Gasteiger partial charge in [0, 0.05) is 17.5 Å². The van der Waals surface area contributed by atoms with Crippen LogP contribution in [0.5, 0.6) is 0 Å². The maximum Gasteiger partial charge on any atom is 0.0455 e. The van der Waals surface area contributed by atoms with E-state index in [9.17, 15) is 0 Å². The summed E-state index contributed by atoms with van der Waals surface area (Å²) in [6.07, 6.45) is 6.94. The first-order chi connectivity index (χ1) is 4.74. The number of terminal acetylenes is 1. The molecule has 0 fully saturated rings. The smallest absolute Gasteiger partial charge is 0.0455 e. The third-order valence-corrected chi connectivity index (χ3v) is 1.40. The Labute approximate surface area is 61.1 Å². The molecular weight excluding hydrogens is 122 g/mol. The molecule has 10 heavy (non-hydrogen) atoms. The van der Waals surface area contributed by atoms with Gasteiger partial charge in [0.2, 0.25) is 0 Å². The van der Waals surface area contributed by atoms with E-state index in [2.05, 4.69) is 10.9 Å². The predicted molar refractivity (Wildman–Crippen MR) is 41.6 cm³/mol. The van der Waals surface area contributed by atoms with Crippen LogP contribution in [0.4, 0.5) is 0 Å². The minimum atomic E-state index is 0.880. The highest BCUT2D eigenvalue weighted by Gasteiger charge is 1.93. The summed E-state index contributed by atoms with van der Waals surface area (Å²) in [5.41, 5.74) is 3.01. The average Bonchev–Trinajstić information content (AvgIpc) is 1.88. The molecule has 1 nitrogen and oxygen atoms in total. The van der Waals surface area contributed by atoms with E-state index >= 15 is 0 Å². The Kier molecular flexibility index (Phi) is 1.73. The summed E-state index contributed by atoms with van der Waals surface area (Å²) in [7, 11) is 0. The fourth-order valence-corrected chi connectivity index (χ4v) is 0.848. The van der Waals surface area contributed by atoms with Crippen molar-refractivity contribution in [1.82, 2.24) is 4.98 Å². The molecule has 0 saturated heterocycles. The molecule has 0 aliphatic carbocycles. The van der Waals surface area contributed by atoms with Crippen LogP contribution in [0.25, 0.3) is 0 Å². The Morgan fingerprint density at radius 1 is 1.50 bits per heavy atom. The quantitative estimate of drug-likeness (QED) is 0.488. The number of pyridine rings is 1. The molecule has 0 unspecified atom stereocenters. The number of hydrogen-bond acceptors (Lipinski definition) is 1. The molecule has 1 rings (SSSR count). The first-order valence-corrected chi connectivity index (χ1v) is 3.14. The first-order valence-electron chi connectivity index (χ1n) is 3.14. The highest BCUT2D eigenvalue weighted by Crippen LogP contribution is 2.04. The van der Waals surface area contributed by atoms with Gasteiger partial charge in [0.1, 0.15) is 0 Å². The van der Waals surface area contributed by atoms with E-state index in [-0.39, 0.29) is 0 Å². The molecule has 0 N–H and O–H groups in total. The van der Waals surface area contributed by atoms with Crippen LogP contribution in [-0.2, 0) is 0 Å². The standard InChI is InChI=1S/C9H9N/c1-4-9-6-10-8(3)5-7(9)2/h1,5-6H,2-3H3. The number of aryl methyl sites for hydroxylation is 2. The minimum Gasteiger partial charge on any atom is -0.260 e. The van der Waals surface area contributed by atoms with Crippen LogP contribution in [0, 0.1) is 26.2 Å². The van der Waals surface area contributed by atoms with Crippen LogP contribution < -0.4 is 0 Å². The number of aromatic nitrogens is 1. The van der Waals surface area contributed by atoms with E-state index in [1.807, 2.05) is 19.9 Å². The SMILES string of the molecule is C#Cc1cnc(C)cc1C. The van der Waals surface area contributed by atoms with Crippen LogP contribution in [-0.4, -0.2) is 4.98 Å². The zero-order chi connectivity index (χ0) is 7.56. The lowest BCUT2D eigenvalue weighted by atomic mass is 10.1. The van der Waals surface area contributed by atoms with E-state index in [0.717, 1.165) is 16.8 Å². The Bertz CT molecular complexity index is 281. The fraction of sp³-hybridized carbons (Fsp3) is 0.222. The second-order valence-corrected chi connectivity index (χ2v) is 2.28. The lowest BCUT2D eigenvalue weighted by Gasteiger charge is -1.96. The van der Waals surface area contributed by atoms with Gasteiger partial charge in [-0.3, -0.25) is 4.98 Å². The van der Waals surface area contributed by atoms with Crippen molar-refractivity contribution in [2.45, 2.75) is 13.8 Å². The molecular formula is C9H9N. The molecule has 0 aliphatic heterocycles. The molecule has 0 aromatic carbocycles. The molecule has 1 aromatic heterocycles. The maximum absolute atomic E-state index is 5.21. The molecule has 1 aromatic rings. The van der Waals surface area contributed by atoms with Gasteiger partial charge in [-0.1, -0.05) is 5.92 Å². The van der Waals surface area contributed by atoms with Gasteiger partial charge in [0.05, 0.1) is 0 Å². The maximum atomic E-state index is 5.21. The molecule has 0 bridgehead atoms. The monoisotopic (exact) mass is 131 g/mol. The molecule has 1 heteroatoms. The summed E-state index contributed by atoms with van der Waals surface area (Å²) in [5.74, 6) is 2.56. The lowest BCUT2D eigenvalue weighted by molar-refractivity contribution is 1.17. The zero-order valence-corrected chi connectivity index (χ0v) is 6.18. The summed E-state index contributed by atoms with van der Waals surface area (Å²) in [5, 5.41) is 0. The lowest BCUT2D eigenvalue weighted by Crippen LogP contribution is -1.86. The summed E-state index contributed by atoms with van der Waals surface area (Å²) in [6, 6.07) is 1.98. The predicted octanol–water partition coefficient (Wildman–Crippen LogP) is 1.68. The van der Waals surface area contributed by atoms with Gasteiger partial charge in [0.15, 0.2) is 0 Å². The molecule has 0 aliphatic rings. The van der Waals surface area contributed by atoms with E-state index in [1.165, 1.54) is 0 Å². The average molecular weight is 131 g/mol. The Morgan fingerprint density at radius 3 is 2.70 bits per heavy atom. The molecule has 0 atom stereocenters. The Balaban J connectivity index is 3.23. The number of hydrogen-bond donors (Lipinski definition) is 0. The van der Waals surface area contributed by atoms with Crippen molar-refractivity contribution in [2.75, 3.05) is 0 Å². The molecule has 0 amide bonds. The van der Waals surface area contributed by atoms with Crippen molar-refractivity contribution in [2.24, 2.45) is 0 Å². The van der Waals surface area contributed by atoms with Crippen LogP contribution >= 0.6 is 0 Å². The molecule has 0 radical (unpaired) electrons. The van der Waals surface area contributed by atoms with Crippen LogP contribution in [0.2, 0.25) is 0 Å². The van der Waals surface area contributed by atoms with Gasteiger partial charge in [-0.15, -0.1) is 6.42 Å². The van der Waals surface area contributed by atoms with E-state index < -0.39 is 0 Å². The van der Waals surface area contributed by atoms with Gasteiger partial charge in [-0.2, -0.15) is 0 Å². The number of rotatable bonds is 0. The normalized spacial score (nSPS) is 8.90. The van der Waals surface area contributed by atoms with Gasteiger partial charge >= 0.3 is 0 Å². The second-order valence-electron chi connectivity index (χ2n) is 2.28. The Hall–Kier alpha value is -1.29. The van der Waals surface area contributed by atoms with Crippen molar-refractivity contribution in [1.29, 1.82) is 0 Å². The molecule has 50 valence electrons. The molecule has 0 spiro atoms. The van der Waals surface area contributed by atoms with Crippen LogP contribution in [0.1, 0.15) is 16.8 Å². The van der Waals surface area contributed by atoms with Crippen molar-refractivity contribution >= 4 is 0 Å². The zero-order valence-electron chi connectivity index (χ0n) is 6.18. The minimum absolute atomic E-state index is 0.880. The molecule has 0 saturated carbocycles. The van der Waals surface area contributed by atoms with Gasteiger partial charge < -0.3 is 0 Å². The summed E-state index contributed by atoms with van der Waals surface area (Å²) >= 11 is 0. The van der Waals surface area contributed by atoms with E-state index in [1.54, 1.807) is 6.20 Å². The van der Waals surface area contributed by atoms with Gasteiger partial charge in [-0.25, -0.2) is 0 Å². The van der Waals surface area contributed by atoms with E-state index in [0.29, 0.717) is 0 Å². The summed E-state index contributed by atoms with van der Waals surface area (Å²) in [4.78, 5) is 4.07. The third kappa shape index (κ3) is 1.16. The third-order valence-electron chi connectivity index (χ3n) is 1.40. The summed E-state index contributed by atoms with van der Waals surface area (Å²) < 4.78 is 0. The van der Waals surface area contributed by atoms with Crippen molar-refractivity contribution in [3.8, 4) is 12.3 Å². The summed E-state index contributed by atoms with van der Waals surface area (Å²) in [6.45, 7) is 3.94. The van der Waals surface area contributed by atoms with Gasteiger partial charge in [-0.05, 0) is 25.5 Å². The first kappa shape index (κ1) is 6.82. The number of nitrogens with zero attached hydrogens (tertiary/aromatic N) is 1. The van der Waals surface area contributed by atoms with Crippen LogP contribution in [0.15, 0.2) is 12.3 Å². The second kappa shape index (κ2) is 2.53. The Morgan fingerprint density at radius 2 is 2.20 bits per heavy atom. The van der Waals surface area contributed by atoms with Gasteiger partial charge in [0.25, 0.3) is 0 Å². The largest absolute Gasteiger partial charge is 0.260 e. The fourth-order valence-electron chi connectivity index (χ4n) is 0.848. The van der Waals surface area contributed by atoms with Crippen molar-refractivity contribution < 1.29 is 0 Å². The van der Waals surface area contributed by atoms with Crippen molar-refractivity contribution in [3.05, 3.63) is 29.1 Å². The van der Waals surface area contributed by atoms with Crippen molar-refractivity contribution in [3.63, 3.8) is 0 Å². The van der Waals surface area contributed by atoms with Crippen LogP contribution in [0.3, 0.4) is 0 Å². The van der Waals surface area contributed by atoms with E-state index in [4.69, 9.17) is 6.42 Å². The highest BCUT2D eigenvalue weighted by molar-refractivity contribution is 5.37. The topological polar surface area (TPSA) is 12.9 Å². The highest BCUT2D eigenvalue weighted by atomic mass is 14.7. The molecule has 1 heterocycles.